The van der Waals surface area contributed by atoms with Gasteiger partial charge in [0.05, 0.1) is 39.5 Å². The Bertz CT molecular complexity index is 4930. The Labute approximate surface area is 800 Å². The van der Waals surface area contributed by atoms with Gasteiger partial charge in [-0.1, -0.05) is 298 Å². The molecule has 131 heavy (non-hydrogen) atoms. The number of aliphatic hydroxyl groups excluding tert-OH is 1. The Morgan fingerprint density at radius 2 is 0.626 bits per heavy atom. The van der Waals surface area contributed by atoms with Crippen molar-refractivity contribution in [2.24, 2.45) is 0 Å². The Hall–Kier alpha value is -11.2. The third-order valence-electron chi connectivity index (χ3n) is 22.5. The molecule has 19 heteroatoms. The van der Waals surface area contributed by atoms with E-state index in [4.69, 9.17) is 30.5 Å². The number of nitrogens with zero attached hydrogens (tertiary/aromatic N) is 6. The summed E-state index contributed by atoms with van der Waals surface area (Å²) in [5, 5.41) is 14.5. The number of rotatable bonds is 21. The predicted octanol–water partition coefficient (Wildman–Crippen LogP) is 26.7. The van der Waals surface area contributed by atoms with Crippen LogP contribution in [0, 0.1) is 4.35 Å². The molecule has 0 spiro atoms. The molecule has 4 radical (unpaired) electrons. The summed E-state index contributed by atoms with van der Waals surface area (Å²) in [6.45, 7) is 33.6. The van der Waals surface area contributed by atoms with Crippen molar-refractivity contribution in [3.8, 4) is 0 Å². The molecular weight excluding hydrogens is 1660 g/mol. The fourth-order valence-electron chi connectivity index (χ4n) is 16.3. The Morgan fingerprint density at radius 1 is 0.374 bits per heavy atom. The van der Waals surface area contributed by atoms with Gasteiger partial charge in [-0.3, -0.25) is 43.5 Å². The van der Waals surface area contributed by atoms with Crippen molar-refractivity contribution in [1.29, 1.82) is 4.35 Å². The SMILES string of the molecule is C.C.C.C.C.C=Cc1ccccc1.C=Cc1ccccc1.C=Cc1ccccc1.CC.CCC(CC(C)c1ccccc1)c1ccccc1.CCCl.CCOCCN1C(=O)c2cccc3c(N4CCCCC4)ccc(c23)C1=O.CCOCCN1C(=O)c2cccc3c(N4CCCCC4)ccc(c23)C1=O.O=C1c2cccc3c(N4CCCCC4)ccc(c23)C(=O)N1CCO.[B].[NH]=[Al]. The number of ether oxygens (including phenoxy) is 2. The Morgan fingerprint density at radius 3 is 0.870 bits per heavy atom. The number of β-amino-alcohol motifs (C(OH)–C–C–N with tert-alkyl or cyclic N) is 1. The van der Waals surface area contributed by atoms with Crippen molar-refractivity contribution in [3.05, 3.63) is 324 Å². The maximum atomic E-state index is 12.9. The summed E-state index contributed by atoms with van der Waals surface area (Å²) in [4.78, 5) is 87.9. The van der Waals surface area contributed by atoms with E-state index in [1.54, 1.807) is 22.2 Å². The number of amides is 6. The van der Waals surface area contributed by atoms with E-state index >= 15 is 0 Å². The average molecular weight is 1810 g/mol. The van der Waals surface area contributed by atoms with Gasteiger partial charge in [-0.2, -0.15) is 0 Å². The average Bonchev–Trinajstić information content (AvgIpc) is 0.747. The van der Waals surface area contributed by atoms with Crippen LogP contribution in [0.3, 0.4) is 0 Å². The van der Waals surface area contributed by atoms with Gasteiger partial charge in [-0.25, -0.2) is 0 Å². The van der Waals surface area contributed by atoms with E-state index in [0.29, 0.717) is 71.6 Å². The maximum absolute atomic E-state index is 12.9. The predicted molar refractivity (Wildman–Crippen MR) is 560 cm³/mol. The second-order valence-electron chi connectivity index (χ2n) is 30.3. The summed E-state index contributed by atoms with van der Waals surface area (Å²) < 4.78 is 16.3. The van der Waals surface area contributed by atoms with Gasteiger partial charge in [0, 0.05) is 150 Å². The molecule has 11 aromatic rings. The zero-order valence-electron chi connectivity index (χ0n) is 74.9. The normalized spacial score (nSPS) is 13.8. The first kappa shape index (κ1) is 116. The molecule has 6 aliphatic rings. The number of hydrogen-bond donors (Lipinski definition) is 2. The molecule has 2 unspecified atom stereocenters. The van der Waals surface area contributed by atoms with Crippen molar-refractivity contribution in [2.45, 2.75) is 168 Å². The van der Waals surface area contributed by atoms with Crippen molar-refractivity contribution >= 4 is 139 Å². The summed E-state index contributed by atoms with van der Waals surface area (Å²) in [6.07, 6.45) is 18.8. The first-order valence-electron chi connectivity index (χ1n) is 44.4. The van der Waals surface area contributed by atoms with Crippen molar-refractivity contribution in [2.75, 3.05) is 113 Å². The number of carbonyl (C=O) groups excluding carboxylic acids is 6. The molecule has 6 aliphatic heterocycles. The first-order chi connectivity index (χ1) is 61.2. The molecule has 0 aliphatic carbocycles. The third-order valence-corrected chi connectivity index (χ3v) is 22.5. The number of imide groups is 3. The van der Waals surface area contributed by atoms with E-state index in [0.717, 1.165) is 99.4 Å². The quantitative estimate of drug-likeness (QED) is 0.0301. The van der Waals surface area contributed by atoms with Crippen molar-refractivity contribution in [1.82, 2.24) is 14.7 Å². The monoisotopic (exact) mass is 1810 g/mol. The number of hydrogen-bond acceptors (Lipinski definition) is 13. The van der Waals surface area contributed by atoms with Crippen LogP contribution in [-0.2, 0) is 9.47 Å². The van der Waals surface area contributed by atoms with Crippen LogP contribution < -0.4 is 14.7 Å². The number of aliphatic hydroxyl groups is 1. The standard InChI is InChI=1S/2C21H24N2O3.C19H20N2O3.C18H22.3C8H8.C2H5Cl.C2H6.5CH4.Al.B.HN/c2*1-2-26-14-13-23-20(24)16-8-6-7-15-18(22-11-4-3-5-12-22)10-9-17(19(15)16)21(23)25;22-12-11-21-18(23)14-6-4-5-13-16(20-9-2-1-3-10-20)8-7-15(17(13)14)19(21)24;1-3-16(18-12-8-5-9-13-18)14-15(2)17-10-6-4-7-11-17;3*1-2-8-6-4-3-5-7-8;1-2-3;1-2;;;;;;;;/h2*6-10H,2-5,11-14H2,1H3;4-8,22H,1-3,9-12H2;4-13,15-16H,3,14H2,1-2H3;3*2-7H,1H2;2H2,1H3;1-2H3;5*1H4;;;1H. The van der Waals surface area contributed by atoms with Gasteiger partial charge in [0.25, 0.3) is 35.4 Å². The van der Waals surface area contributed by atoms with Gasteiger partial charge in [-0.05, 0) is 179 Å². The molecular formula is C112H146AlBClN7O9. The van der Waals surface area contributed by atoms with Crippen LogP contribution in [0.15, 0.2) is 262 Å². The minimum absolute atomic E-state index is 0. The summed E-state index contributed by atoms with van der Waals surface area (Å²) in [6, 6.07) is 80.7. The van der Waals surface area contributed by atoms with E-state index in [-0.39, 0.29) is 107 Å². The van der Waals surface area contributed by atoms with E-state index in [1.165, 1.54) is 108 Å². The zero-order valence-corrected chi connectivity index (χ0v) is 76.8. The number of nitrogens with one attached hydrogen (secondary N) is 1. The molecule has 3 saturated heterocycles. The number of benzene rings is 11. The van der Waals surface area contributed by atoms with Gasteiger partial charge >= 0.3 is 20.4 Å². The van der Waals surface area contributed by atoms with Crippen LogP contribution >= 0.6 is 11.6 Å². The third kappa shape index (κ3) is 31.5. The number of alkyl halides is 1. The number of anilines is 3. The second-order valence-corrected chi connectivity index (χ2v) is 30.8. The van der Waals surface area contributed by atoms with Crippen LogP contribution in [0.5, 0.6) is 0 Å². The van der Waals surface area contributed by atoms with Crippen molar-refractivity contribution < 1.29 is 43.3 Å². The van der Waals surface area contributed by atoms with Gasteiger partial charge < -0.3 is 29.3 Å². The van der Waals surface area contributed by atoms with E-state index < -0.39 is 0 Å². The summed E-state index contributed by atoms with van der Waals surface area (Å²) in [7, 11) is 0. The molecule has 3 fully saturated rings. The molecule has 0 aromatic heterocycles. The van der Waals surface area contributed by atoms with Gasteiger partial charge in [0.2, 0.25) is 0 Å². The topological polar surface area (TPSA) is 184 Å². The molecule has 11 aromatic carbocycles. The number of carbonyl (C=O) groups is 6. The molecule has 0 bridgehead atoms. The Balaban J connectivity index is 0.000000528. The number of piperidine rings is 3. The summed E-state index contributed by atoms with van der Waals surface area (Å²) >= 11 is 6.67. The van der Waals surface area contributed by atoms with E-state index in [2.05, 4.69) is 109 Å². The summed E-state index contributed by atoms with van der Waals surface area (Å²) in [5.41, 5.74) is 13.4. The van der Waals surface area contributed by atoms with Gasteiger partial charge in [0.15, 0.2) is 0 Å². The Kier molecular flexibility index (Phi) is 55.7. The molecule has 2 atom stereocenters. The van der Waals surface area contributed by atoms with Crippen molar-refractivity contribution in [3.63, 3.8) is 0 Å². The summed E-state index contributed by atoms with van der Waals surface area (Å²) in [5.74, 6) is 0.503. The van der Waals surface area contributed by atoms with Crippen LogP contribution in [0.4, 0.5) is 17.1 Å². The molecule has 2 N–H and O–H groups in total. The zero-order chi connectivity index (χ0) is 89.8. The fraction of sp³-hybridized carbons (Fsp3) is 0.357. The van der Waals surface area contributed by atoms with Crippen LogP contribution in [0.25, 0.3) is 50.5 Å². The van der Waals surface area contributed by atoms with Gasteiger partial charge in [-0.15, -0.1) is 11.6 Å². The van der Waals surface area contributed by atoms with Crippen LogP contribution in [0.2, 0.25) is 0 Å². The van der Waals surface area contributed by atoms with E-state index in [1.807, 2.05) is 229 Å². The van der Waals surface area contributed by atoms with E-state index in [9.17, 15) is 28.8 Å². The van der Waals surface area contributed by atoms with Gasteiger partial charge in [0.1, 0.15) is 0 Å². The van der Waals surface area contributed by atoms with Crippen LogP contribution in [0.1, 0.15) is 258 Å². The molecule has 6 amide bonds. The molecule has 6 heterocycles. The molecule has 17 rings (SSSR count). The first-order valence-corrected chi connectivity index (χ1v) is 45.5. The second kappa shape index (κ2) is 63.0. The van der Waals surface area contributed by atoms with Crippen LogP contribution in [-0.4, -0.2) is 178 Å². The molecule has 16 nitrogen and oxygen atoms in total. The number of halogens is 1. The molecule has 0 saturated carbocycles. The minimum atomic E-state index is -0.317. The molecule has 696 valence electrons. The fourth-order valence-corrected chi connectivity index (χ4v) is 16.3.